The number of amides is 1. The first kappa shape index (κ1) is 21.0. The summed E-state index contributed by atoms with van der Waals surface area (Å²) in [6, 6.07) is 9.17. The highest BCUT2D eigenvalue weighted by Gasteiger charge is 2.15. The van der Waals surface area contributed by atoms with Gasteiger partial charge in [0.05, 0.1) is 23.6 Å². The number of hydrogen-bond donors (Lipinski definition) is 1. The normalized spacial score (nSPS) is 10.7. The van der Waals surface area contributed by atoms with E-state index in [2.05, 4.69) is 22.1 Å². The number of benzene rings is 1. The lowest BCUT2D eigenvalue weighted by Crippen LogP contribution is -2.24. The fraction of sp³-hybridized carbons (Fsp3) is 0.250. The van der Waals surface area contributed by atoms with E-state index < -0.39 is 0 Å². The molecule has 0 unspecified atom stereocenters. The summed E-state index contributed by atoms with van der Waals surface area (Å²) >= 11 is 7.48. The van der Waals surface area contributed by atoms with Gasteiger partial charge in [-0.2, -0.15) is 0 Å². The number of hydrogen-bond acceptors (Lipinski definition) is 6. The average molecular weight is 433 g/mol. The molecule has 0 aliphatic rings. The second-order valence-corrected chi connectivity index (χ2v) is 7.52. The van der Waals surface area contributed by atoms with Gasteiger partial charge >= 0.3 is 0 Å². The SMILES string of the molecule is C=CCn1c(COc2cc(C)ccc2Cl)nnc1SCC(=O)NCc1ccco1. The third-order valence-electron chi connectivity index (χ3n) is 3.92. The molecule has 2 aromatic heterocycles. The van der Waals surface area contributed by atoms with Crippen molar-refractivity contribution in [1.82, 2.24) is 20.1 Å². The molecule has 0 spiro atoms. The molecule has 7 nitrogen and oxygen atoms in total. The molecule has 3 rings (SSSR count). The van der Waals surface area contributed by atoms with Gasteiger partial charge in [-0.25, -0.2) is 0 Å². The number of rotatable bonds is 10. The fourth-order valence-electron chi connectivity index (χ4n) is 2.49. The van der Waals surface area contributed by atoms with Crippen LogP contribution in [0, 0.1) is 6.92 Å². The first-order valence-electron chi connectivity index (χ1n) is 8.90. The predicted octanol–water partition coefficient (Wildman–Crippen LogP) is 4.01. The van der Waals surface area contributed by atoms with Gasteiger partial charge in [0.25, 0.3) is 0 Å². The zero-order valence-corrected chi connectivity index (χ0v) is 17.5. The standard InChI is InChI=1S/C20H21ClN4O3S/c1-3-8-25-18(12-28-17-10-14(2)6-7-16(17)21)23-24-20(25)29-13-19(26)22-11-15-5-4-9-27-15/h3-7,9-10H,1,8,11-13H2,2H3,(H,22,26). The molecule has 1 N–H and O–H groups in total. The number of aromatic nitrogens is 3. The van der Waals surface area contributed by atoms with Crippen molar-refractivity contribution in [2.45, 2.75) is 31.8 Å². The van der Waals surface area contributed by atoms with Gasteiger partial charge < -0.3 is 14.5 Å². The van der Waals surface area contributed by atoms with Crippen molar-refractivity contribution in [2.24, 2.45) is 0 Å². The van der Waals surface area contributed by atoms with Crippen LogP contribution in [0.5, 0.6) is 5.75 Å². The highest BCUT2D eigenvalue weighted by atomic mass is 35.5. The molecule has 3 aromatic rings. The summed E-state index contributed by atoms with van der Waals surface area (Å²) < 4.78 is 12.9. The van der Waals surface area contributed by atoms with E-state index in [1.165, 1.54) is 11.8 Å². The van der Waals surface area contributed by atoms with Crippen molar-refractivity contribution in [3.05, 3.63) is 71.4 Å². The summed E-state index contributed by atoms with van der Waals surface area (Å²) in [5, 5.41) is 12.3. The van der Waals surface area contributed by atoms with Crippen molar-refractivity contribution in [2.75, 3.05) is 5.75 Å². The van der Waals surface area contributed by atoms with E-state index in [1.54, 1.807) is 30.5 Å². The summed E-state index contributed by atoms with van der Waals surface area (Å²) in [7, 11) is 0. The third-order valence-corrected chi connectivity index (χ3v) is 5.20. The van der Waals surface area contributed by atoms with Gasteiger partial charge in [-0.15, -0.1) is 16.8 Å². The maximum Gasteiger partial charge on any atom is 0.230 e. The first-order valence-corrected chi connectivity index (χ1v) is 10.3. The van der Waals surface area contributed by atoms with Crippen LogP contribution in [0.2, 0.25) is 5.02 Å². The number of aryl methyl sites for hydroxylation is 1. The summed E-state index contributed by atoms with van der Waals surface area (Å²) in [4.78, 5) is 12.1. The predicted molar refractivity (Wildman–Crippen MR) is 112 cm³/mol. The third kappa shape index (κ3) is 5.88. The molecule has 9 heteroatoms. The number of carbonyl (C=O) groups excluding carboxylic acids is 1. The molecular weight excluding hydrogens is 412 g/mol. The van der Waals surface area contributed by atoms with Crippen molar-refractivity contribution in [3.63, 3.8) is 0 Å². The number of thioether (sulfide) groups is 1. The maximum atomic E-state index is 12.1. The number of nitrogens with one attached hydrogen (secondary N) is 1. The van der Waals surface area contributed by atoms with Crippen LogP contribution < -0.4 is 10.1 Å². The van der Waals surface area contributed by atoms with E-state index >= 15 is 0 Å². The van der Waals surface area contributed by atoms with Crippen LogP contribution in [0.15, 0.2) is 58.8 Å². The molecule has 0 radical (unpaired) electrons. The van der Waals surface area contributed by atoms with Crippen molar-refractivity contribution in [1.29, 1.82) is 0 Å². The molecule has 0 fully saturated rings. The number of furan rings is 1. The van der Waals surface area contributed by atoms with Crippen molar-refractivity contribution < 1.29 is 13.9 Å². The topological polar surface area (TPSA) is 82.2 Å². The van der Waals surface area contributed by atoms with E-state index in [-0.39, 0.29) is 18.3 Å². The Bertz CT molecular complexity index is 972. The van der Waals surface area contributed by atoms with Gasteiger partial charge in [0.1, 0.15) is 18.1 Å². The van der Waals surface area contributed by atoms with E-state index in [0.717, 1.165) is 5.56 Å². The lowest BCUT2D eigenvalue weighted by Gasteiger charge is -2.10. The summed E-state index contributed by atoms with van der Waals surface area (Å²) in [6.07, 6.45) is 3.31. The van der Waals surface area contributed by atoms with Gasteiger partial charge in [-0.1, -0.05) is 35.5 Å². The van der Waals surface area contributed by atoms with Crippen molar-refractivity contribution >= 4 is 29.3 Å². The van der Waals surface area contributed by atoms with Crippen LogP contribution in [0.3, 0.4) is 0 Å². The molecule has 0 aliphatic carbocycles. The van der Waals surface area contributed by atoms with Gasteiger partial charge in [-0.3, -0.25) is 9.36 Å². The van der Waals surface area contributed by atoms with Gasteiger partial charge in [0.15, 0.2) is 11.0 Å². The highest BCUT2D eigenvalue weighted by Crippen LogP contribution is 2.26. The number of nitrogens with zero attached hydrogens (tertiary/aromatic N) is 3. The van der Waals surface area contributed by atoms with Gasteiger partial charge in [-0.05, 0) is 36.8 Å². The molecular formula is C20H21ClN4O3S. The minimum Gasteiger partial charge on any atom is -0.484 e. The Labute approximate surface area is 178 Å². The van der Waals surface area contributed by atoms with Crippen LogP contribution in [0.4, 0.5) is 0 Å². The first-order chi connectivity index (χ1) is 14.1. The maximum absolute atomic E-state index is 12.1. The Morgan fingerprint density at radius 3 is 3.03 bits per heavy atom. The number of halogens is 1. The molecule has 0 aliphatic heterocycles. The van der Waals surface area contributed by atoms with Gasteiger partial charge in [0.2, 0.25) is 5.91 Å². The van der Waals surface area contributed by atoms with Crippen LogP contribution in [-0.2, 0) is 24.5 Å². The van der Waals surface area contributed by atoms with E-state index in [9.17, 15) is 4.79 Å². The largest absolute Gasteiger partial charge is 0.484 e. The van der Waals surface area contributed by atoms with E-state index in [4.69, 9.17) is 20.8 Å². The molecule has 1 amide bonds. The minimum absolute atomic E-state index is 0.121. The van der Waals surface area contributed by atoms with E-state index in [0.29, 0.717) is 40.6 Å². The lowest BCUT2D eigenvalue weighted by atomic mass is 10.2. The Balaban J connectivity index is 1.59. The molecule has 0 saturated heterocycles. The second kappa shape index (κ2) is 10.2. The highest BCUT2D eigenvalue weighted by molar-refractivity contribution is 7.99. The monoisotopic (exact) mass is 432 g/mol. The van der Waals surface area contributed by atoms with Crippen LogP contribution in [0.25, 0.3) is 0 Å². The molecule has 0 saturated carbocycles. The van der Waals surface area contributed by atoms with Crippen LogP contribution in [0.1, 0.15) is 17.1 Å². The Morgan fingerprint density at radius 2 is 2.28 bits per heavy atom. The zero-order chi connectivity index (χ0) is 20.6. The molecule has 1 aromatic carbocycles. The lowest BCUT2D eigenvalue weighted by molar-refractivity contribution is -0.118. The Kier molecular flexibility index (Phi) is 7.37. The fourth-order valence-corrected chi connectivity index (χ4v) is 3.46. The summed E-state index contributed by atoms with van der Waals surface area (Å²) in [5.41, 5.74) is 1.05. The Hall–Kier alpha value is -2.71. The van der Waals surface area contributed by atoms with Gasteiger partial charge in [0, 0.05) is 6.54 Å². The summed E-state index contributed by atoms with van der Waals surface area (Å²) in [5.74, 6) is 2.00. The van der Waals surface area contributed by atoms with Crippen molar-refractivity contribution in [3.8, 4) is 5.75 Å². The number of carbonyl (C=O) groups is 1. The number of ether oxygens (including phenoxy) is 1. The smallest absolute Gasteiger partial charge is 0.230 e. The zero-order valence-electron chi connectivity index (χ0n) is 15.9. The average Bonchev–Trinajstić information content (AvgIpc) is 3.36. The molecule has 0 atom stereocenters. The van der Waals surface area contributed by atoms with Crippen LogP contribution >= 0.6 is 23.4 Å². The quantitative estimate of drug-likeness (QED) is 0.385. The van der Waals surface area contributed by atoms with E-state index in [1.807, 2.05) is 23.6 Å². The molecule has 29 heavy (non-hydrogen) atoms. The second-order valence-electron chi connectivity index (χ2n) is 6.17. The summed E-state index contributed by atoms with van der Waals surface area (Å²) in [6.45, 7) is 6.80. The number of allylic oxidation sites excluding steroid dienone is 1. The minimum atomic E-state index is -0.121. The molecule has 152 valence electrons. The Morgan fingerprint density at radius 1 is 1.41 bits per heavy atom. The van der Waals surface area contributed by atoms with Crippen LogP contribution in [-0.4, -0.2) is 26.4 Å². The molecule has 0 bridgehead atoms. The molecule has 2 heterocycles.